The Hall–Kier alpha value is -2.40. The minimum absolute atomic E-state index is 0.0673. The number of rotatable bonds is 6. The summed E-state index contributed by atoms with van der Waals surface area (Å²) in [6.45, 7) is -0.663. The van der Waals surface area contributed by atoms with Gasteiger partial charge in [0.25, 0.3) is 11.6 Å². The van der Waals surface area contributed by atoms with Gasteiger partial charge in [0.1, 0.15) is 11.3 Å². The van der Waals surface area contributed by atoms with Crippen LogP contribution in [0.25, 0.3) is 0 Å². The summed E-state index contributed by atoms with van der Waals surface area (Å²) in [6.07, 6.45) is -5.23. The molecule has 3 N–H and O–H groups in total. The summed E-state index contributed by atoms with van der Waals surface area (Å²) in [7, 11) is 0. The molecule has 25 heavy (non-hydrogen) atoms. The van der Waals surface area contributed by atoms with Gasteiger partial charge in [-0.15, -0.1) is 0 Å². The van der Waals surface area contributed by atoms with Crippen molar-refractivity contribution in [3.8, 4) is 5.75 Å². The number of hydrogen-bond acceptors (Lipinski definition) is 6. The molecule has 1 aromatic rings. The van der Waals surface area contributed by atoms with Crippen molar-refractivity contribution in [3.05, 3.63) is 33.9 Å². The van der Waals surface area contributed by atoms with E-state index in [-0.39, 0.29) is 18.2 Å². The molecular weight excluding hydrogens is 347 g/mol. The highest BCUT2D eigenvalue weighted by Crippen LogP contribution is 2.26. The number of nitrogens with zero attached hydrogens (tertiary/aromatic N) is 1. The molecule has 1 aliphatic heterocycles. The first kappa shape index (κ1) is 18.9. The van der Waals surface area contributed by atoms with Gasteiger partial charge in [-0.2, -0.15) is 13.2 Å². The predicted molar refractivity (Wildman–Crippen MR) is 79.3 cm³/mol. The summed E-state index contributed by atoms with van der Waals surface area (Å²) in [5, 5.41) is 26.0. The van der Waals surface area contributed by atoms with Crippen LogP contribution in [0.1, 0.15) is 10.4 Å². The van der Waals surface area contributed by atoms with Crippen LogP contribution in [0.15, 0.2) is 18.2 Å². The summed E-state index contributed by atoms with van der Waals surface area (Å²) >= 11 is 0. The van der Waals surface area contributed by atoms with E-state index in [0.29, 0.717) is 13.1 Å². The molecule has 0 saturated carbocycles. The fourth-order valence-corrected chi connectivity index (χ4v) is 2.36. The second-order valence-electron chi connectivity index (χ2n) is 5.54. The van der Waals surface area contributed by atoms with Crippen molar-refractivity contribution < 1.29 is 32.7 Å². The van der Waals surface area contributed by atoms with Crippen molar-refractivity contribution in [2.45, 2.75) is 12.3 Å². The molecule has 0 spiro atoms. The van der Waals surface area contributed by atoms with E-state index in [1.54, 1.807) is 0 Å². The maximum absolute atomic E-state index is 12.2. The number of aliphatic hydroxyl groups excluding tert-OH is 1. The first-order chi connectivity index (χ1) is 11.7. The Morgan fingerprint density at radius 1 is 1.44 bits per heavy atom. The maximum atomic E-state index is 12.2. The lowest BCUT2D eigenvalue weighted by Crippen LogP contribution is -2.34. The SMILES string of the molecule is O=C(NCC1CNCC1O)c1cc(OCC(F)(F)F)ccc1[N+](=O)[O-]. The van der Waals surface area contributed by atoms with E-state index in [1.807, 2.05) is 0 Å². The number of nitro benzene ring substituents is 1. The monoisotopic (exact) mass is 363 g/mol. The number of nitrogens with one attached hydrogen (secondary N) is 2. The molecule has 138 valence electrons. The quantitative estimate of drug-likeness (QED) is 0.510. The molecule has 1 saturated heterocycles. The van der Waals surface area contributed by atoms with Gasteiger partial charge < -0.3 is 20.5 Å². The summed E-state index contributed by atoms with van der Waals surface area (Å²) in [6, 6.07) is 2.79. The number of alkyl halides is 3. The number of carbonyl (C=O) groups excluding carboxylic acids is 1. The molecule has 2 rings (SSSR count). The first-order valence-corrected chi connectivity index (χ1v) is 7.32. The van der Waals surface area contributed by atoms with Crippen molar-refractivity contribution in [2.75, 3.05) is 26.2 Å². The largest absolute Gasteiger partial charge is 0.484 e. The van der Waals surface area contributed by atoms with Crippen LogP contribution in [0, 0.1) is 16.0 Å². The fourth-order valence-electron chi connectivity index (χ4n) is 2.36. The Labute approximate surface area is 140 Å². The number of halogens is 3. The van der Waals surface area contributed by atoms with E-state index >= 15 is 0 Å². The van der Waals surface area contributed by atoms with Gasteiger partial charge in [0, 0.05) is 31.6 Å². The van der Waals surface area contributed by atoms with E-state index in [4.69, 9.17) is 0 Å². The second-order valence-corrected chi connectivity index (χ2v) is 5.54. The molecular formula is C14H16F3N3O5. The zero-order valence-electron chi connectivity index (χ0n) is 12.9. The maximum Gasteiger partial charge on any atom is 0.422 e. The van der Waals surface area contributed by atoms with Gasteiger partial charge in [0.05, 0.1) is 11.0 Å². The summed E-state index contributed by atoms with van der Waals surface area (Å²) in [5.74, 6) is -1.40. The van der Waals surface area contributed by atoms with Crippen molar-refractivity contribution in [1.29, 1.82) is 0 Å². The number of ether oxygens (including phenoxy) is 1. The van der Waals surface area contributed by atoms with Crippen molar-refractivity contribution >= 4 is 11.6 Å². The highest BCUT2D eigenvalue weighted by Gasteiger charge is 2.30. The van der Waals surface area contributed by atoms with Crippen LogP contribution in [-0.2, 0) is 0 Å². The van der Waals surface area contributed by atoms with Crippen LogP contribution < -0.4 is 15.4 Å². The number of hydrogen-bond donors (Lipinski definition) is 3. The molecule has 11 heteroatoms. The second kappa shape index (κ2) is 7.66. The lowest BCUT2D eigenvalue weighted by molar-refractivity contribution is -0.385. The number of nitro groups is 1. The highest BCUT2D eigenvalue weighted by molar-refractivity contribution is 5.98. The van der Waals surface area contributed by atoms with Crippen LogP contribution in [0.2, 0.25) is 0 Å². The first-order valence-electron chi connectivity index (χ1n) is 7.32. The average molecular weight is 363 g/mol. The topological polar surface area (TPSA) is 114 Å². The Bertz CT molecular complexity index is 653. The van der Waals surface area contributed by atoms with Crippen molar-refractivity contribution in [2.24, 2.45) is 5.92 Å². The Kier molecular flexibility index (Phi) is 5.80. The number of aliphatic hydroxyl groups is 1. The van der Waals surface area contributed by atoms with Crippen LogP contribution in [0.5, 0.6) is 5.75 Å². The summed E-state index contributed by atoms with van der Waals surface area (Å²) in [5.41, 5.74) is -0.966. The number of benzene rings is 1. The highest BCUT2D eigenvalue weighted by atomic mass is 19.4. The Morgan fingerprint density at radius 3 is 2.72 bits per heavy atom. The van der Waals surface area contributed by atoms with Gasteiger partial charge in [-0.3, -0.25) is 14.9 Å². The summed E-state index contributed by atoms with van der Waals surface area (Å²) in [4.78, 5) is 22.4. The molecule has 1 amide bonds. The standard InChI is InChI=1S/C14H16F3N3O5/c15-14(16,17)7-25-9-1-2-11(20(23)24)10(3-9)13(22)19-5-8-4-18-6-12(8)21/h1-3,8,12,18,21H,4-7H2,(H,19,22). The fraction of sp³-hybridized carbons (Fsp3) is 0.500. The van der Waals surface area contributed by atoms with Gasteiger partial charge in [-0.05, 0) is 12.1 Å². The minimum atomic E-state index is -4.57. The smallest absolute Gasteiger partial charge is 0.422 e. The van der Waals surface area contributed by atoms with Crippen molar-refractivity contribution in [1.82, 2.24) is 10.6 Å². The van der Waals surface area contributed by atoms with E-state index in [0.717, 1.165) is 18.2 Å². The molecule has 0 bridgehead atoms. The molecule has 2 atom stereocenters. The van der Waals surface area contributed by atoms with Gasteiger partial charge in [0.15, 0.2) is 6.61 Å². The van der Waals surface area contributed by atoms with E-state index in [1.165, 1.54) is 0 Å². The molecule has 1 fully saturated rings. The van der Waals surface area contributed by atoms with Crippen LogP contribution >= 0.6 is 0 Å². The van der Waals surface area contributed by atoms with E-state index in [9.17, 15) is 33.2 Å². The van der Waals surface area contributed by atoms with Gasteiger partial charge in [-0.1, -0.05) is 0 Å². The van der Waals surface area contributed by atoms with Gasteiger partial charge in [0.2, 0.25) is 0 Å². The number of amides is 1. The van der Waals surface area contributed by atoms with Crippen LogP contribution in [-0.4, -0.2) is 54.5 Å². The molecule has 8 nitrogen and oxygen atoms in total. The minimum Gasteiger partial charge on any atom is -0.484 e. The van der Waals surface area contributed by atoms with Crippen LogP contribution in [0.4, 0.5) is 18.9 Å². The lowest BCUT2D eigenvalue weighted by atomic mass is 10.1. The molecule has 1 aliphatic rings. The Morgan fingerprint density at radius 2 is 2.16 bits per heavy atom. The molecule has 0 radical (unpaired) electrons. The van der Waals surface area contributed by atoms with Gasteiger partial charge >= 0.3 is 6.18 Å². The zero-order valence-corrected chi connectivity index (χ0v) is 12.9. The van der Waals surface area contributed by atoms with Crippen molar-refractivity contribution in [3.63, 3.8) is 0 Å². The van der Waals surface area contributed by atoms with E-state index in [2.05, 4.69) is 15.4 Å². The third kappa shape index (κ3) is 5.29. The molecule has 0 aliphatic carbocycles. The normalized spacial score (nSPS) is 20.3. The van der Waals surface area contributed by atoms with E-state index < -0.39 is 41.0 Å². The summed E-state index contributed by atoms with van der Waals surface area (Å²) < 4.78 is 41.1. The zero-order chi connectivity index (χ0) is 18.6. The Balaban J connectivity index is 2.11. The molecule has 1 heterocycles. The third-order valence-electron chi connectivity index (χ3n) is 3.64. The molecule has 2 unspecified atom stereocenters. The third-order valence-corrected chi connectivity index (χ3v) is 3.64. The number of β-amino-alcohol motifs (C(OH)–C–C–N with tert-alkyl or cyclic N) is 1. The van der Waals surface area contributed by atoms with Crippen LogP contribution in [0.3, 0.4) is 0 Å². The average Bonchev–Trinajstić information content (AvgIpc) is 2.94. The predicted octanol–water partition coefficient (Wildman–Crippen LogP) is 0.846. The molecule has 1 aromatic carbocycles. The van der Waals surface area contributed by atoms with Gasteiger partial charge in [-0.25, -0.2) is 0 Å². The molecule has 0 aromatic heterocycles. The lowest BCUT2D eigenvalue weighted by Gasteiger charge is -2.14. The number of carbonyl (C=O) groups is 1.